The summed E-state index contributed by atoms with van der Waals surface area (Å²) < 4.78 is 11.0. The number of carbonyl (C=O) groups excluding carboxylic acids is 1. The maximum Gasteiger partial charge on any atom is 0.237 e. The Kier molecular flexibility index (Phi) is 13.5. The Morgan fingerprint density at radius 3 is 2.48 bits per heavy atom. The molecule has 0 radical (unpaired) electrons. The predicted molar refractivity (Wildman–Crippen MR) is 113 cm³/mol. The average molecular weight is 422 g/mol. The topological polar surface area (TPSA) is 76.8 Å². The van der Waals surface area contributed by atoms with Crippen molar-refractivity contribution in [2.45, 2.75) is 25.3 Å². The van der Waals surface area contributed by atoms with Crippen LogP contribution in [0.5, 0.6) is 5.75 Å². The van der Waals surface area contributed by atoms with Crippen LogP contribution in [0.2, 0.25) is 0 Å². The first kappa shape index (κ1) is 26.0. The van der Waals surface area contributed by atoms with E-state index >= 15 is 0 Å². The highest BCUT2D eigenvalue weighted by Crippen LogP contribution is 2.17. The van der Waals surface area contributed by atoms with Crippen molar-refractivity contribution in [3.8, 4) is 5.75 Å². The van der Waals surface area contributed by atoms with Crippen LogP contribution in [-0.4, -0.2) is 63.9 Å². The summed E-state index contributed by atoms with van der Waals surface area (Å²) in [6, 6.07) is 7.59. The maximum absolute atomic E-state index is 12.2. The van der Waals surface area contributed by atoms with Crippen LogP contribution in [0.3, 0.4) is 0 Å². The highest BCUT2D eigenvalue weighted by Gasteiger charge is 2.26. The van der Waals surface area contributed by atoms with Crippen LogP contribution in [0, 0.1) is 5.92 Å². The number of hydrogen-bond donors (Lipinski definition) is 2. The van der Waals surface area contributed by atoms with Gasteiger partial charge in [0.25, 0.3) is 0 Å². The molecule has 1 saturated heterocycles. The van der Waals surface area contributed by atoms with Gasteiger partial charge in [-0.25, -0.2) is 0 Å². The quantitative estimate of drug-likeness (QED) is 0.636. The number of benzene rings is 1. The van der Waals surface area contributed by atoms with Crippen molar-refractivity contribution in [1.29, 1.82) is 0 Å². The zero-order valence-corrected chi connectivity index (χ0v) is 17.8. The summed E-state index contributed by atoms with van der Waals surface area (Å²) in [5.74, 6) is 1.04. The molecule has 1 amide bonds. The summed E-state index contributed by atoms with van der Waals surface area (Å²) in [5, 5.41) is 2.95. The molecule has 0 aliphatic carbocycles. The summed E-state index contributed by atoms with van der Waals surface area (Å²) in [4.78, 5) is 14.2. The van der Waals surface area contributed by atoms with Crippen molar-refractivity contribution in [3.63, 3.8) is 0 Å². The van der Waals surface area contributed by atoms with Gasteiger partial charge in [-0.3, -0.25) is 4.79 Å². The van der Waals surface area contributed by atoms with Gasteiger partial charge in [-0.1, -0.05) is 12.1 Å². The van der Waals surface area contributed by atoms with Crippen molar-refractivity contribution in [3.05, 3.63) is 29.8 Å². The van der Waals surface area contributed by atoms with E-state index in [1.54, 1.807) is 0 Å². The summed E-state index contributed by atoms with van der Waals surface area (Å²) in [6.07, 6.45) is 2.51. The van der Waals surface area contributed by atoms with E-state index in [0.717, 1.165) is 31.6 Å². The van der Waals surface area contributed by atoms with Gasteiger partial charge < -0.3 is 25.4 Å². The molecule has 156 valence electrons. The van der Waals surface area contributed by atoms with E-state index in [9.17, 15) is 4.79 Å². The van der Waals surface area contributed by atoms with Crippen molar-refractivity contribution in [2.24, 2.45) is 11.7 Å². The second-order valence-electron chi connectivity index (χ2n) is 6.81. The minimum absolute atomic E-state index is 0. The molecule has 8 heteroatoms. The fourth-order valence-corrected chi connectivity index (χ4v) is 2.84. The van der Waals surface area contributed by atoms with Gasteiger partial charge in [0.2, 0.25) is 5.91 Å². The lowest BCUT2D eigenvalue weighted by atomic mass is 9.92. The standard InChI is InChI=1S/C19H31N3O3.2ClH/c1-22(2)11-14-25-17-5-3-15(4-6-17)7-10-21-19(23)18(20)16-8-12-24-13-9-16;;/h3-6,16,18H,7-14,20H2,1-2H3,(H,21,23);2*1H. The molecule has 0 bridgehead atoms. The molecule has 2 rings (SSSR count). The van der Waals surface area contributed by atoms with Crippen LogP contribution in [0.4, 0.5) is 0 Å². The van der Waals surface area contributed by atoms with Gasteiger partial charge in [-0.2, -0.15) is 0 Å². The first-order valence-corrected chi connectivity index (χ1v) is 9.04. The Morgan fingerprint density at radius 1 is 1.26 bits per heavy atom. The van der Waals surface area contributed by atoms with Gasteiger partial charge in [0.05, 0.1) is 6.04 Å². The Bertz CT molecular complexity index is 523. The second-order valence-corrected chi connectivity index (χ2v) is 6.81. The number of nitrogens with zero attached hydrogens (tertiary/aromatic N) is 1. The Labute approximate surface area is 175 Å². The smallest absolute Gasteiger partial charge is 0.237 e. The molecule has 27 heavy (non-hydrogen) atoms. The largest absolute Gasteiger partial charge is 0.492 e. The fourth-order valence-electron chi connectivity index (χ4n) is 2.84. The normalized spacial score (nSPS) is 15.4. The van der Waals surface area contributed by atoms with Crippen molar-refractivity contribution < 1.29 is 14.3 Å². The van der Waals surface area contributed by atoms with Crippen LogP contribution in [-0.2, 0) is 16.0 Å². The van der Waals surface area contributed by atoms with Crippen molar-refractivity contribution >= 4 is 30.7 Å². The zero-order chi connectivity index (χ0) is 18.1. The Hall–Kier alpha value is -1.05. The van der Waals surface area contributed by atoms with Crippen molar-refractivity contribution in [1.82, 2.24) is 10.2 Å². The molecule has 6 nitrogen and oxygen atoms in total. The molecule has 1 aromatic carbocycles. The van der Waals surface area contributed by atoms with Crippen molar-refractivity contribution in [2.75, 3.05) is 47.0 Å². The van der Waals surface area contributed by atoms with E-state index in [2.05, 4.69) is 10.2 Å². The summed E-state index contributed by atoms with van der Waals surface area (Å²) in [5.41, 5.74) is 7.24. The van der Waals surface area contributed by atoms with Gasteiger partial charge in [0.1, 0.15) is 12.4 Å². The fraction of sp³-hybridized carbons (Fsp3) is 0.632. The molecule has 1 heterocycles. The van der Waals surface area contributed by atoms with E-state index in [1.807, 2.05) is 38.4 Å². The third kappa shape index (κ3) is 9.63. The Morgan fingerprint density at radius 2 is 1.89 bits per heavy atom. The number of hydrogen-bond acceptors (Lipinski definition) is 5. The third-order valence-electron chi connectivity index (χ3n) is 4.52. The van der Waals surface area contributed by atoms with Gasteiger partial charge in [0.15, 0.2) is 0 Å². The van der Waals surface area contributed by atoms with Crippen LogP contribution >= 0.6 is 24.8 Å². The maximum atomic E-state index is 12.2. The molecule has 0 aromatic heterocycles. The molecule has 1 atom stereocenters. The summed E-state index contributed by atoms with van der Waals surface area (Å²) in [7, 11) is 4.05. The Balaban J connectivity index is 0.00000338. The molecular weight excluding hydrogens is 389 g/mol. The lowest BCUT2D eigenvalue weighted by molar-refractivity contribution is -0.124. The molecule has 3 N–H and O–H groups in total. The molecule has 1 fully saturated rings. The van der Waals surface area contributed by atoms with E-state index in [1.165, 1.54) is 5.56 Å². The number of amides is 1. The molecule has 1 unspecified atom stereocenters. The first-order valence-electron chi connectivity index (χ1n) is 9.04. The molecule has 1 aromatic rings. The lowest BCUT2D eigenvalue weighted by Gasteiger charge is -2.26. The number of carbonyl (C=O) groups is 1. The van der Waals surface area contributed by atoms with Gasteiger partial charge in [-0.05, 0) is 57.0 Å². The number of ether oxygens (including phenoxy) is 2. The molecule has 0 saturated carbocycles. The number of nitrogens with one attached hydrogen (secondary N) is 1. The lowest BCUT2D eigenvalue weighted by Crippen LogP contribution is -2.47. The van der Waals surface area contributed by atoms with Crippen LogP contribution < -0.4 is 15.8 Å². The van der Waals surface area contributed by atoms with E-state index in [4.69, 9.17) is 15.2 Å². The van der Waals surface area contributed by atoms with Gasteiger partial charge in [-0.15, -0.1) is 24.8 Å². The molecular formula is C19H33Cl2N3O3. The van der Waals surface area contributed by atoms with Gasteiger partial charge in [0, 0.05) is 26.3 Å². The third-order valence-corrected chi connectivity index (χ3v) is 4.52. The van der Waals surface area contributed by atoms with E-state index in [-0.39, 0.29) is 36.6 Å². The minimum atomic E-state index is -0.434. The highest BCUT2D eigenvalue weighted by atomic mass is 35.5. The number of rotatable bonds is 9. The highest BCUT2D eigenvalue weighted by molar-refractivity contribution is 5.85. The first-order chi connectivity index (χ1) is 12.1. The average Bonchev–Trinajstić information content (AvgIpc) is 2.62. The van der Waals surface area contributed by atoms with E-state index < -0.39 is 6.04 Å². The second kappa shape index (κ2) is 14.0. The summed E-state index contributed by atoms with van der Waals surface area (Å²) in [6.45, 7) is 3.56. The number of nitrogens with two attached hydrogens (primary N) is 1. The van der Waals surface area contributed by atoms with Crippen LogP contribution in [0.1, 0.15) is 18.4 Å². The van der Waals surface area contributed by atoms with Gasteiger partial charge >= 0.3 is 0 Å². The monoisotopic (exact) mass is 421 g/mol. The number of halogens is 2. The summed E-state index contributed by atoms with van der Waals surface area (Å²) >= 11 is 0. The zero-order valence-electron chi connectivity index (χ0n) is 16.2. The molecule has 0 spiro atoms. The predicted octanol–water partition coefficient (Wildman–Crippen LogP) is 1.88. The minimum Gasteiger partial charge on any atom is -0.492 e. The number of likely N-dealkylation sites (N-methyl/N-ethyl adjacent to an activating group) is 1. The van der Waals surface area contributed by atoms with Crippen LogP contribution in [0.15, 0.2) is 24.3 Å². The van der Waals surface area contributed by atoms with Crippen LogP contribution in [0.25, 0.3) is 0 Å². The van der Waals surface area contributed by atoms with E-state index in [0.29, 0.717) is 26.4 Å². The SMILES string of the molecule is CN(C)CCOc1ccc(CCNC(=O)C(N)C2CCOCC2)cc1.Cl.Cl. The molecule has 1 aliphatic rings. The molecule has 1 aliphatic heterocycles.